The van der Waals surface area contributed by atoms with Crippen LogP contribution >= 0.6 is 0 Å². The molecule has 0 aromatic heterocycles. The monoisotopic (exact) mass is 308 g/mol. The maximum atomic E-state index is 12.3. The summed E-state index contributed by atoms with van der Waals surface area (Å²) in [5.74, 6) is -0.844. The summed E-state index contributed by atoms with van der Waals surface area (Å²) in [6.07, 6.45) is -3.83. The van der Waals surface area contributed by atoms with Crippen molar-refractivity contribution >= 4 is 15.8 Å². The van der Waals surface area contributed by atoms with Gasteiger partial charge in [0.25, 0.3) is 0 Å². The minimum absolute atomic E-state index is 0.0868. The van der Waals surface area contributed by atoms with Crippen molar-refractivity contribution in [3.63, 3.8) is 0 Å². The Hall–Kier alpha value is -1.83. The molecule has 0 aliphatic heterocycles. The van der Waals surface area contributed by atoms with Crippen molar-refractivity contribution in [3.05, 3.63) is 41.3 Å². The van der Waals surface area contributed by atoms with Gasteiger partial charge in [0.05, 0.1) is 17.1 Å². The van der Waals surface area contributed by atoms with E-state index in [4.69, 9.17) is 0 Å². The highest BCUT2D eigenvalue weighted by molar-refractivity contribution is 7.94. The lowest BCUT2D eigenvalue weighted by molar-refractivity contribution is -0.138. The molecule has 0 atom stereocenters. The number of benzene rings is 1. The first kappa shape index (κ1) is 16.2. The highest BCUT2D eigenvalue weighted by Gasteiger charge is 2.30. The number of halogens is 3. The first-order valence-corrected chi connectivity index (χ1v) is 6.98. The summed E-state index contributed by atoms with van der Waals surface area (Å²) in [6.45, 7) is 1.64. The predicted molar refractivity (Wildman–Crippen MR) is 64.4 cm³/mol. The highest BCUT2D eigenvalue weighted by Crippen LogP contribution is 2.29. The predicted octanol–water partition coefficient (Wildman–Crippen LogP) is 2.56. The highest BCUT2D eigenvalue weighted by atomic mass is 32.2. The molecule has 0 N–H and O–H groups in total. The van der Waals surface area contributed by atoms with Gasteiger partial charge in [-0.1, -0.05) is 0 Å². The third kappa shape index (κ3) is 4.37. The molecular formula is C12H11F3O4S. The van der Waals surface area contributed by atoms with Crippen LogP contribution in [0.3, 0.4) is 0 Å². The molecule has 20 heavy (non-hydrogen) atoms. The van der Waals surface area contributed by atoms with E-state index in [0.717, 1.165) is 12.1 Å². The van der Waals surface area contributed by atoms with Gasteiger partial charge in [0.1, 0.15) is 0 Å². The lowest BCUT2D eigenvalue weighted by atomic mass is 10.2. The number of rotatable bonds is 4. The third-order valence-electron chi connectivity index (χ3n) is 2.18. The Balaban J connectivity index is 2.97. The number of sulfone groups is 1. The number of carbonyl (C=O) groups is 1. The molecule has 0 aliphatic carbocycles. The number of hydrogen-bond donors (Lipinski definition) is 0. The van der Waals surface area contributed by atoms with Crippen molar-refractivity contribution in [1.29, 1.82) is 0 Å². The molecule has 0 fully saturated rings. The van der Waals surface area contributed by atoms with E-state index in [0.29, 0.717) is 23.6 Å². The Morgan fingerprint density at radius 3 is 2.25 bits per heavy atom. The zero-order chi connectivity index (χ0) is 15.4. The molecule has 0 radical (unpaired) electrons. The zero-order valence-corrected chi connectivity index (χ0v) is 11.2. The van der Waals surface area contributed by atoms with E-state index in [1.165, 1.54) is 0 Å². The maximum absolute atomic E-state index is 12.3. The van der Waals surface area contributed by atoms with Crippen molar-refractivity contribution in [2.75, 3.05) is 6.61 Å². The molecular weight excluding hydrogens is 297 g/mol. The lowest BCUT2D eigenvalue weighted by Crippen LogP contribution is -2.06. The lowest BCUT2D eigenvalue weighted by Gasteiger charge is -2.06. The van der Waals surface area contributed by atoms with Crippen LogP contribution in [0.4, 0.5) is 13.2 Å². The molecule has 0 saturated heterocycles. The summed E-state index contributed by atoms with van der Waals surface area (Å²) in [4.78, 5) is 10.6. The van der Waals surface area contributed by atoms with E-state index < -0.39 is 27.5 Å². The molecule has 0 saturated carbocycles. The van der Waals surface area contributed by atoms with Crippen molar-refractivity contribution in [2.45, 2.75) is 18.0 Å². The quantitative estimate of drug-likeness (QED) is 0.633. The van der Waals surface area contributed by atoms with Gasteiger partial charge in [-0.2, -0.15) is 13.2 Å². The third-order valence-corrected chi connectivity index (χ3v) is 3.60. The van der Waals surface area contributed by atoms with Crippen LogP contribution in [-0.2, 0) is 25.5 Å². The van der Waals surface area contributed by atoms with Crippen molar-refractivity contribution < 1.29 is 31.1 Å². The van der Waals surface area contributed by atoms with Gasteiger partial charge < -0.3 is 4.74 Å². The van der Waals surface area contributed by atoms with E-state index in [1.54, 1.807) is 6.92 Å². The average molecular weight is 308 g/mol. The molecule has 0 aliphatic rings. The fourth-order valence-electron chi connectivity index (χ4n) is 1.25. The Labute approximate surface area is 113 Å². The summed E-state index contributed by atoms with van der Waals surface area (Å²) in [5.41, 5.74) is -0.953. The molecule has 0 heterocycles. The Morgan fingerprint density at radius 2 is 1.80 bits per heavy atom. The van der Waals surface area contributed by atoms with Gasteiger partial charge in [-0.25, -0.2) is 13.2 Å². The maximum Gasteiger partial charge on any atom is 0.416 e. The summed E-state index contributed by atoms with van der Waals surface area (Å²) in [5, 5.41) is 0.591. The van der Waals surface area contributed by atoms with Gasteiger partial charge in [-0.15, -0.1) is 0 Å². The molecule has 4 nitrogen and oxygen atoms in total. The van der Waals surface area contributed by atoms with Crippen LogP contribution in [0.1, 0.15) is 12.5 Å². The van der Waals surface area contributed by atoms with Gasteiger partial charge in [-0.05, 0) is 31.2 Å². The molecule has 8 heteroatoms. The van der Waals surface area contributed by atoms with Crippen molar-refractivity contribution in [2.24, 2.45) is 0 Å². The second-order valence-corrected chi connectivity index (χ2v) is 5.46. The van der Waals surface area contributed by atoms with E-state index in [-0.39, 0.29) is 11.5 Å². The van der Waals surface area contributed by atoms with Gasteiger partial charge in [0.15, 0.2) is 9.84 Å². The van der Waals surface area contributed by atoms with Crippen LogP contribution in [0, 0.1) is 0 Å². The number of hydrogen-bond acceptors (Lipinski definition) is 4. The Bertz CT molecular complexity index is 601. The first-order valence-electron chi connectivity index (χ1n) is 5.44. The molecule has 1 aromatic carbocycles. The topological polar surface area (TPSA) is 60.4 Å². The number of alkyl halides is 3. The van der Waals surface area contributed by atoms with Crippen LogP contribution in [-0.4, -0.2) is 21.0 Å². The second-order valence-electron chi connectivity index (χ2n) is 3.62. The molecule has 0 unspecified atom stereocenters. The standard InChI is InChI=1S/C12H11F3O4S/c1-2-19-11(16)7-8-20(17,18)10-5-3-9(4-6-10)12(13,14)15/h3-8H,2H2,1H3/b8-7-. The molecule has 0 amide bonds. The summed E-state index contributed by atoms with van der Waals surface area (Å²) < 4.78 is 64.9. The fraction of sp³-hybridized carbons (Fsp3) is 0.250. The van der Waals surface area contributed by atoms with Gasteiger partial charge >= 0.3 is 12.1 Å². The van der Waals surface area contributed by atoms with Gasteiger partial charge in [0, 0.05) is 11.5 Å². The molecule has 1 aromatic rings. The summed E-state index contributed by atoms with van der Waals surface area (Å²) in [7, 11) is -3.98. The summed E-state index contributed by atoms with van der Waals surface area (Å²) in [6, 6.07) is 2.97. The van der Waals surface area contributed by atoms with Crippen molar-refractivity contribution in [1.82, 2.24) is 0 Å². The normalized spacial score (nSPS) is 12.6. The van der Waals surface area contributed by atoms with Crippen LogP contribution in [0.5, 0.6) is 0 Å². The fourth-order valence-corrected chi connectivity index (χ4v) is 2.21. The molecule has 1 rings (SSSR count). The van der Waals surface area contributed by atoms with Gasteiger partial charge in [-0.3, -0.25) is 0 Å². The molecule has 110 valence electrons. The average Bonchev–Trinajstić information content (AvgIpc) is 2.36. The Morgan fingerprint density at radius 1 is 1.25 bits per heavy atom. The number of ether oxygens (including phenoxy) is 1. The van der Waals surface area contributed by atoms with Gasteiger partial charge in [0.2, 0.25) is 0 Å². The second kappa shape index (κ2) is 6.08. The minimum Gasteiger partial charge on any atom is -0.463 e. The SMILES string of the molecule is CCOC(=O)/C=C\S(=O)(=O)c1ccc(C(F)(F)F)cc1. The smallest absolute Gasteiger partial charge is 0.416 e. The van der Waals surface area contributed by atoms with Crippen molar-refractivity contribution in [3.8, 4) is 0 Å². The van der Waals surface area contributed by atoms with E-state index >= 15 is 0 Å². The largest absolute Gasteiger partial charge is 0.463 e. The van der Waals surface area contributed by atoms with Crippen LogP contribution in [0.15, 0.2) is 40.6 Å². The summed E-state index contributed by atoms with van der Waals surface area (Å²) >= 11 is 0. The van der Waals surface area contributed by atoms with E-state index in [9.17, 15) is 26.4 Å². The minimum atomic E-state index is -4.54. The van der Waals surface area contributed by atoms with E-state index in [2.05, 4.69) is 4.74 Å². The molecule has 0 spiro atoms. The number of esters is 1. The van der Waals surface area contributed by atoms with Crippen LogP contribution < -0.4 is 0 Å². The Kier molecular flexibility index (Phi) is 4.93. The van der Waals surface area contributed by atoms with E-state index in [1.807, 2.05) is 0 Å². The number of carbonyl (C=O) groups excluding carboxylic acids is 1. The van der Waals surface area contributed by atoms with Crippen LogP contribution in [0.2, 0.25) is 0 Å². The van der Waals surface area contributed by atoms with Crippen LogP contribution in [0.25, 0.3) is 0 Å². The molecule has 0 bridgehead atoms. The first-order chi connectivity index (χ1) is 9.16. The zero-order valence-electron chi connectivity index (χ0n) is 10.3.